The third-order valence-corrected chi connectivity index (χ3v) is 4.33. The summed E-state index contributed by atoms with van der Waals surface area (Å²) >= 11 is 0. The molecule has 0 aliphatic rings. The van der Waals surface area contributed by atoms with Gasteiger partial charge in [0, 0.05) is 19.5 Å². The van der Waals surface area contributed by atoms with E-state index in [1.165, 1.54) is 31.2 Å². The number of phenols is 1. The fraction of sp³-hybridized carbons (Fsp3) is 0.227. The number of anilines is 1. The zero-order valence-electron chi connectivity index (χ0n) is 17.7. The van der Waals surface area contributed by atoms with Crippen LogP contribution < -0.4 is 14.4 Å². The standard InChI is InChI=1S/C22H20F2N2O7/c1-13(27)30-9-10-31-17-6-4-3-5-15(17)21(29)26(2)19-12-32-20(25-19)14-7-8-18(16(28)11-14)33-22(23)24/h3-8,11-12,22,28H,9-10H2,1-2H3. The Morgan fingerprint density at radius 1 is 1.15 bits per heavy atom. The minimum absolute atomic E-state index is 0.0360. The molecule has 0 saturated carbocycles. The van der Waals surface area contributed by atoms with Crippen LogP contribution in [0.5, 0.6) is 17.2 Å². The third-order valence-electron chi connectivity index (χ3n) is 4.33. The Hall–Kier alpha value is -4.15. The SMILES string of the molecule is CC(=O)OCCOc1ccccc1C(=O)N(C)c1coc(-c2ccc(OC(F)F)c(O)c2)n1. The van der Waals surface area contributed by atoms with E-state index in [1.54, 1.807) is 24.3 Å². The van der Waals surface area contributed by atoms with Crippen molar-refractivity contribution in [2.75, 3.05) is 25.2 Å². The van der Waals surface area contributed by atoms with Crippen LogP contribution in [-0.2, 0) is 9.53 Å². The zero-order chi connectivity index (χ0) is 24.0. The summed E-state index contributed by atoms with van der Waals surface area (Å²) in [6, 6.07) is 10.2. The largest absolute Gasteiger partial charge is 0.504 e. The molecule has 0 radical (unpaired) electrons. The average molecular weight is 462 g/mol. The van der Waals surface area contributed by atoms with Gasteiger partial charge in [-0.3, -0.25) is 14.5 Å². The zero-order valence-corrected chi connectivity index (χ0v) is 17.7. The monoisotopic (exact) mass is 462 g/mol. The smallest absolute Gasteiger partial charge is 0.387 e. The van der Waals surface area contributed by atoms with Crippen LogP contribution in [0.3, 0.4) is 0 Å². The molecule has 0 fully saturated rings. The van der Waals surface area contributed by atoms with E-state index in [2.05, 4.69) is 9.72 Å². The van der Waals surface area contributed by atoms with Crippen LogP contribution in [0.15, 0.2) is 53.1 Å². The predicted octanol–water partition coefficient (Wildman–Crippen LogP) is 3.87. The Kier molecular flexibility index (Phi) is 7.44. The maximum absolute atomic E-state index is 13.0. The molecule has 3 aromatic rings. The number of para-hydroxylation sites is 1. The normalized spacial score (nSPS) is 10.7. The number of nitrogens with zero attached hydrogens (tertiary/aromatic N) is 2. The summed E-state index contributed by atoms with van der Waals surface area (Å²) in [5.74, 6) is -1.28. The summed E-state index contributed by atoms with van der Waals surface area (Å²) in [5.41, 5.74) is 0.536. The van der Waals surface area contributed by atoms with Crippen LogP contribution in [0.1, 0.15) is 17.3 Å². The minimum Gasteiger partial charge on any atom is -0.504 e. The molecule has 2 aromatic carbocycles. The molecule has 1 heterocycles. The van der Waals surface area contributed by atoms with Crippen LogP contribution in [0.25, 0.3) is 11.5 Å². The first-order valence-electron chi connectivity index (χ1n) is 9.63. The molecule has 1 N–H and O–H groups in total. The Morgan fingerprint density at radius 2 is 1.91 bits per heavy atom. The van der Waals surface area contributed by atoms with Crippen LogP contribution >= 0.6 is 0 Å². The first-order chi connectivity index (χ1) is 15.8. The van der Waals surface area contributed by atoms with Gasteiger partial charge < -0.3 is 23.7 Å². The number of carbonyl (C=O) groups excluding carboxylic acids is 2. The van der Waals surface area contributed by atoms with Gasteiger partial charge in [0.15, 0.2) is 17.3 Å². The van der Waals surface area contributed by atoms with Crippen molar-refractivity contribution >= 4 is 17.7 Å². The van der Waals surface area contributed by atoms with E-state index < -0.39 is 30.0 Å². The van der Waals surface area contributed by atoms with Crippen molar-refractivity contribution in [1.29, 1.82) is 0 Å². The van der Waals surface area contributed by atoms with Gasteiger partial charge in [0.05, 0.1) is 5.56 Å². The van der Waals surface area contributed by atoms with E-state index in [-0.39, 0.29) is 36.0 Å². The number of oxazole rings is 1. The molecular formula is C22H20F2N2O7. The highest BCUT2D eigenvalue weighted by Gasteiger charge is 2.21. The molecule has 0 aliphatic carbocycles. The summed E-state index contributed by atoms with van der Waals surface area (Å²) in [4.78, 5) is 29.3. The van der Waals surface area contributed by atoms with E-state index >= 15 is 0 Å². The molecule has 11 heteroatoms. The fourth-order valence-corrected chi connectivity index (χ4v) is 2.79. The molecule has 0 spiro atoms. The van der Waals surface area contributed by atoms with Gasteiger partial charge in [0.2, 0.25) is 5.89 Å². The number of phenolic OH excluding ortho intramolecular Hbond substituents is 1. The van der Waals surface area contributed by atoms with E-state index in [4.69, 9.17) is 13.9 Å². The van der Waals surface area contributed by atoms with E-state index in [9.17, 15) is 23.5 Å². The number of carbonyl (C=O) groups is 2. The van der Waals surface area contributed by atoms with Gasteiger partial charge in [-0.05, 0) is 30.3 Å². The van der Waals surface area contributed by atoms with Crippen molar-refractivity contribution in [3.63, 3.8) is 0 Å². The highest BCUT2D eigenvalue weighted by atomic mass is 19.3. The summed E-state index contributed by atoms with van der Waals surface area (Å²) in [6.07, 6.45) is 1.23. The number of amides is 1. The minimum atomic E-state index is -3.08. The van der Waals surface area contributed by atoms with Gasteiger partial charge in [-0.1, -0.05) is 12.1 Å². The number of esters is 1. The van der Waals surface area contributed by atoms with Gasteiger partial charge in [0.1, 0.15) is 25.2 Å². The lowest BCUT2D eigenvalue weighted by Crippen LogP contribution is -2.27. The number of hydrogen-bond acceptors (Lipinski definition) is 8. The molecule has 9 nitrogen and oxygen atoms in total. The lowest BCUT2D eigenvalue weighted by Gasteiger charge is -2.16. The Labute approximate surface area is 187 Å². The first kappa shape index (κ1) is 23.5. The molecule has 0 saturated heterocycles. The maximum Gasteiger partial charge on any atom is 0.387 e. The van der Waals surface area contributed by atoms with Crippen molar-refractivity contribution in [1.82, 2.24) is 4.98 Å². The second-order valence-electron chi connectivity index (χ2n) is 6.62. The summed E-state index contributed by atoms with van der Waals surface area (Å²) in [6.45, 7) is -1.70. The van der Waals surface area contributed by atoms with Crippen molar-refractivity contribution in [2.24, 2.45) is 0 Å². The molecule has 33 heavy (non-hydrogen) atoms. The predicted molar refractivity (Wildman–Crippen MR) is 112 cm³/mol. The maximum atomic E-state index is 13.0. The second-order valence-corrected chi connectivity index (χ2v) is 6.62. The van der Waals surface area contributed by atoms with Crippen molar-refractivity contribution in [3.05, 3.63) is 54.3 Å². The quantitative estimate of drug-likeness (QED) is 0.377. The lowest BCUT2D eigenvalue weighted by atomic mass is 10.2. The summed E-state index contributed by atoms with van der Waals surface area (Å²) in [7, 11) is 1.48. The number of aromatic nitrogens is 1. The summed E-state index contributed by atoms with van der Waals surface area (Å²) in [5, 5.41) is 9.87. The Morgan fingerprint density at radius 3 is 2.61 bits per heavy atom. The number of ether oxygens (including phenoxy) is 3. The first-order valence-corrected chi connectivity index (χ1v) is 9.63. The van der Waals surface area contributed by atoms with Gasteiger partial charge in [-0.15, -0.1) is 0 Å². The molecule has 0 atom stereocenters. The Bertz CT molecular complexity index is 1130. The molecular weight excluding hydrogens is 442 g/mol. The van der Waals surface area contributed by atoms with Gasteiger partial charge in [-0.25, -0.2) is 0 Å². The van der Waals surface area contributed by atoms with E-state index in [1.807, 2.05) is 0 Å². The molecule has 174 valence electrons. The second kappa shape index (κ2) is 10.4. The van der Waals surface area contributed by atoms with Gasteiger partial charge >= 0.3 is 12.6 Å². The number of benzene rings is 2. The van der Waals surface area contributed by atoms with Crippen molar-refractivity contribution < 1.29 is 42.1 Å². The van der Waals surface area contributed by atoms with Gasteiger partial charge in [-0.2, -0.15) is 13.8 Å². The molecule has 3 rings (SSSR count). The fourth-order valence-electron chi connectivity index (χ4n) is 2.79. The number of hydrogen-bond donors (Lipinski definition) is 1. The van der Waals surface area contributed by atoms with Crippen molar-refractivity contribution in [2.45, 2.75) is 13.5 Å². The third kappa shape index (κ3) is 5.97. The molecule has 0 unspecified atom stereocenters. The van der Waals surface area contributed by atoms with Crippen LogP contribution in [0, 0.1) is 0 Å². The average Bonchev–Trinajstić information content (AvgIpc) is 3.27. The van der Waals surface area contributed by atoms with E-state index in [0.29, 0.717) is 5.75 Å². The van der Waals surface area contributed by atoms with Gasteiger partial charge in [0.25, 0.3) is 5.91 Å². The topological polar surface area (TPSA) is 111 Å². The highest BCUT2D eigenvalue weighted by Crippen LogP contribution is 2.33. The number of halogens is 2. The van der Waals surface area contributed by atoms with Crippen LogP contribution in [0.2, 0.25) is 0 Å². The highest BCUT2D eigenvalue weighted by molar-refractivity contribution is 6.07. The molecule has 0 bridgehead atoms. The molecule has 1 aromatic heterocycles. The lowest BCUT2D eigenvalue weighted by molar-refractivity contribution is -0.141. The Balaban J connectivity index is 1.74. The van der Waals surface area contributed by atoms with Crippen molar-refractivity contribution in [3.8, 4) is 28.7 Å². The molecule has 0 aliphatic heterocycles. The molecule has 1 amide bonds. The van der Waals surface area contributed by atoms with Crippen LogP contribution in [-0.4, -0.2) is 48.8 Å². The summed E-state index contributed by atoms with van der Waals surface area (Å²) < 4.78 is 44.6. The number of aromatic hydroxyl groups is 1. The number of alkyl halides is 2. The van der Waals surface area contributed by atoms with Crippen LogP contribution in [0.4, 0.5) is 14.6 Å². The van der Waals surface area contributed by atoms with E-state index in [0.717, 1.165) is 12.1 Å². The number of rotatable bonds is 9.